The molecule has 2 saturated heterocycles. The number of hydrogen-bond acceptors (Lipinski definition) is 3. The molecule has 7 heteroatoms. The molecule has 1 aromatic carbocycles. The lowest BCUT2D eigenvalue weighted by molar-refractivity contribution is -0.128. The van der Waals surface area contributed by atoms with Gasteiger partial charge in [-0.3, -0.25) is 9.79 Å². The number of carbonyl (C=O) groups is 1. The predicted molar refractivity (Wildman–Crippen MR) is 125 cm³/mol. The van der Waals surface area contributed by atoms with Crippen LogP contribution in [0.3, 0.4) is 0 Å². The highest BCUT2D eigenvalue weighted by Gasteiger charge is 2.28. The maximum absolute atomic E-state index is 11.7. The molecular weight excluding hydrogens is 471 g/mol. The van der Waals surface area contributed by atoms with Crippen molar-refractivity contribution in [1.29, 1.82) is 0 Å². The minimum Gasteiger partial charge on any atom is -0.352 e. The summed E-state index contributed by atoms with van der Waals surface area (Å²) in [7, 11) is 1.85. The molecular formula is C20H31IN4OS. The number of nitrogens with one attached hydrogen (secondary N) is 1. The number of hydrogen-bond donors (Lipinski definition) is 1. The van der Waals surface area contributed by atoms with Crippen molar-refractivity contribution in [2.75, 3.05) is 32.4 Å². The maximum atomic E-state index is 11.7. The molecule has 1 amide bonds. The van der Waals surface area contributed by atoms with Crippen molar-refractivity contribution in [2.45, 2.75) is 44.5 Å². The topological polar surface area (TPSA) is 47.9 Å². The largest absolute Gasteiger partial charge is 0.352 e. The van der Waals surface area contributed by atoms with Gasteiger partial charge in [-0.05, 0) is 31.4 Å². The second-order valence-corrected chi connectivity index (χ2v) is 9.47. The quantitative estimate of drug-likeness (QED) is 0.390. The molecule has 1 N–H and O–H groups in total. The van der Waals surface area contributed by atoms with Crippen molar-refractivity contribution in [3.05, 3.63) is 35.4 Å². The average Bonchev–Trinajstić information content (AvgIpc) is 3.01. The third-order valence-corrected chi connectivity index (χ3v) is 6.25. The van der Waals surface area contributed by atoms with E-state index >= 15 is 0 Å². The lowest BCUT2D eigenvalue weighted by Crippen LogP contribution is -2.50. The smallest absolute Gasteiger partial charge is 0.222 e. The van der Waals surface area contributed by atoms with Gasteiger partial charge in [0.15, 0.2) is 5.96 Å². The molecule has 1 aromatic rings. The van der Waals surface area contributed by atoms with Crippen LogP contribution in [-0.4, -0.2) is 58.8 Å². The van der Waals surface area contributed by atoms with E-state index in [-0.39, 0.29) is 34.6 Å². The van der Waals surface area contributed by atoms with Gasteiger partial charge in [0.2, 0.25) is 5.91 Å². The van der Waals surface area contributed by atoms with E-state index in [9.17, 15) is 4.79 Å². The first-order valence-electron chi connectivity index (χ1n) is 9.42. The van der Waals surface area contributed by atoms with Crippen molar-refractivity contribution >= 4 is 47.6 Å². The Morgan fingerprint density at radius 3 is 2.52 bits per heavy atom. The van der Waals surface area contributed by atoms with Crippen molar-refractivity contribution in [1.82, 2.24) is 15.1 Å². The summed E-state index contributed by atoms with van der Waals surface area (Å²) in [6.45, 7) is 9.02. The molecule has 27 heavy (non-hydrogen) atoms. The van der Waals surface area contributed by atoms with Gasteiger partial charge in [0.25, 0.3) is 0 Å². The molecule has 0 atom stereocenters. The van der Waals surface area contributed by atoms with Gasteiger partial charge in [-0.2, -0.15) is 11.8 Å². The van der Waals surface area contributed by atoms with Crippen LogP contribution in [0.5, 0.6) is 0 Å². The van der Waals surface area contributed by atoms with E-state index in [4.69, 9.17) is 0 Å². The van der Waals surface area contributed by atoms with Crippen LogP contribution in [0.2, 0.25) is 0 Å². The Hall–Kier alpha value is -0.960. The molecule has 0 aromatic heterocycles. The Labute approximate surface area is 184 Å². The van der Waals surface area contributed by atoms with Crippen molar-refractivity contribution in [3.8, 4) is 0 Å². The number of thioether (sulfide) groups is 1. The van der Waals surface area contributed by atoms with E-state index in [0.29, 0.717) is 6.42 Å². The van der Waals surface area contributed by atoms with E-state index in [2.05, 4.69) is 53.3 Å². The second kappa shape index (κ2) is 10.0. The zero-order valence-electron chi connectivity index (χ0n) is 16.5. The SMILES string of the molecule is CN=C(NCc1ccc(CN2CCCC2=O)cc1)N1CCSC(C)(C)C1.I. The third kappa shape index (κ3) is 6.27. The normalized spacial score (nSPS) is 19.8. The number of aliphatic imine (C=N–C) groups is 1. The van der Waals surface area contributed by atoms with Crippen LogP contribution < -0.4 is 5.32 Å². The van der Waals surface area contributed by atoms with E-state index in [1.165, 1.54) is 11.1 Å². The number of guanidine groups is 1. The Morgan fingerprint density at radius 2 is 1.93 bits per heavy atom. The Bertz CT molecular complexity index is 662. The number of amides is 1. The molecule has 0 bridgehead atoms. The molecule has 0 radical (unpaired) electrons. The van der Waals surface area contributed by atoms with Crippen LogP contribution in [0.4, 0.5) is 0 Å². The summed E-state index contributed by atoms with van der Waals surface area (Å²) in [5.41, 5.74) is 2.43. The number of nitrogens with zero attached hydrogens (tertiary/aromatic N) is 3. The van der Waals surface area contributed by atoms with E-state index in [1.807, 2.05) is 23.7 Å². The van der Waals surface area contributed by atoms with Gasteiger partial charge >= 0.3 is 0 Å². The Balaban J connectivity index is 0.00000261. The average molecular weight is 502 g/mol. The van der Waals surface area contributed by atoms with Gasteiger partial charge in [-0.1, -0.05) is 24.3 Å². The Kier molecular flexibility index (Phi) is 8.27. The van der Waals surface area contributed by atoms with E-state index in [0.717, 1.165) is 50.9 Å². The fraction of sp³-hybridized carbons (Fsp3) is 0.600. The summed E-state index contributed by atoms with van der Waals surface area (Å²) < 4.78 is 0.268. The Morgan fingerprint density at radius 1 is 1.22 bits per heavy atom. The minimum atomic E-state index is 0. The molecule has 2 aliphatic rings. The highest BCUT2D eigenvalue weighted by atomic mass is 127. The van der Waals surface area contributed by atoms with Crippen molar-refractivity contribution in [3.63, 3.8) is 0 Å². The van der Waals surface area contributed by atoms with E-state index < -0.39 is 0 Å². The molecule has 2 fully saturated rings. The summed E-state index contributed by atoms with van der Waals surface area (Å²) in [6, 6.07) is 8.55. The second-order valence-electron chi connectivity index (χ2n) is 7.67. The number of likely N-dealkylation sites (tertiary alicyclic amines) is 1. The van der Waals surface area contributed by atoms with Crippen LogP contribution >= 0.6 is 35.7 Å². The van der Waals surface area contributed by atoms with Crippen LogP contribution in [-0.2, 0) is 17.9 Å². The van der Waals surface area contributed by atoms with Gasteiger partial charge in [0.1, 0.15) is 0 Å². The molecule has 0 unspecified atom stereocenters. The molecule has 150 valence electrons. The number of rotatable bonds is 4. The number of halogens is 1. The molecule has 5 nitrogen and oxygen atoms in total. The zero-order chi connectivity index (χ0) is 18.6. The van der Waals surface area contributed by atoms with E-state index in [1.54, 1.807) is 0 Å². The van der Waals surface area contributed by atoms with Crippen molar-refractivity contribution < 1.29 is 4.79 Å². The highest BCUT2D eigenvalue weighted by Crippen LogP contribution is 2.29. The monoisotopic (exact) mass is 502 g/mol. The summed E-state index contributed by atoms with van der Waals surface area (Å²) in [6.07, 6.45) is 1.69. The fourth-order valence-electron chi connectivity index (χ4n) is 3.56. The predicted octanol–water partition coefficient (Wildman–Crippen LogP) is 3.33. The van der Waals surface area contributed by atoms with Gasteiger partial charge < -0.3 is 15.1 Å². The molecule has 0 saturated carbocycles. The first-order chi connectivity index (χ1) is 12.5. The third-order valence-electron chi connectivity index (χ3n) is 4.96. The summed E-state index contributed by atoms with van der Waals surface area (Å²) in [5, 5.41) is 3.49. The highest BCUT2D eigenvalue weighted by molar-refractivity contribution is 14.0. The fourth-order valence-corrected chi connectivity index (χ4v) is 4.68. The summed E-state index contributed by atoms with van der Waals surface area (Å²) in [5.74, 6) is 2.39. The zero-order valence-corrected chi connectivity index (χ0v) is 19.7. The van der Waals surface area contributed by atoms with Crippen LogP contribution in [0.15, 0.2) is 29.3 Å². The molecule has 2 aliphatic heterocycles. The molecule has 0 aliphatic carbocycles. The summed E-state index contributed by atoms with van der Waals surface area (Å²) >= 11 is 2.03. The van der Waals surface area contributed by atoms with Gasteiger partial charge in [0.05, 0.1) is 0 Å². The first-order valence-corrected chi connectivity index (χ1v) is 10.4. The van der Waals surface area contributed by atoms with Gasteiger partial charge in [0, 0.05) is 56.7 Å². The number of carbonyl (C=O) groups excluding carboxylic acids is 1. The van der Waals surface area contributed by atoms with Crippen LogP contribution in [0.25, 0.3) is 0 Å². The van der Waals surface area contributed by atoms with Crippen LogP contribution in [0.1, 0.15) is 37.8 Å². The lowest BCUT2D eigenvalue weighted by Gasteiger charge is -2.39. The minimum absolute atomic E-state index is 0. The molecule has 2 heterocycles. The van der Waals surface area contributed by atoms with Crippen LogP contribution in [0, 0.1) is 0 Å². The first kappa shape index (κ1) is 22.3. The number of benzene rings is 1. The van der Waals surface area contributed by atoms with Crippen molar-refractivity contribution in [2.24, 2.45) is 4.99 Å². The molecule has 3 rings (SSSR count). The lowest BCUT2D eigenvalue weighted by atomic mass is 10.1. The standard InChI is InChI=1S/C20H30N4OS.HI/c1-20(2)15-24(11-12-26-20)19(21-3)22-13-16-6-8-17(9-7-16)14-23-10-4-5-18(23)25;/h6-9H,4-5,10-15H2,1-3H3,(H,21,22);1H. The summed E-state index contributed by atoms with van der Waals surface area (Å²) in [4.78, 5) is 20.5. The maximum Gasteiger partial charge on any atom is 0.222 e. The van der Waals surface area contributed by atoms with Gasteiger partial charge in [-0.15, -0.1) is 24.0 Å². The van der Waals surface area contributed by atoms with Gasteiger partial charge in [-0.25, -0.2) is 0 Å². The molecule has 0 spiro atoms.